The normalized spacial score (nSPS) is 16.3. The second-order valence-corrected chi connectivity index (χ2v) is 5.63. The predicted octanol–water partition coefficient (Wildman–Crippen LogP) is 2.35. The number of likely N-dealkylation sites (tertiary alicyclic amines) is 1. The molecule has 0 saturated carbocycles. The largest absolute Gasteiger partial charge is 0.381 e. The average Bonchev–Trinajstić information content (AvgIpc) is 2.51. The number of benzene rings is 2. The molecule has 0 spiro atoms. The number of aryl methyl sites for hydroxylation is 1. The van der Waals surface area contributed by atoms with Gasteiger partial charge in [-0.15, -0.1) is 0 Å². The lowest BCUT2D eigenvalue weighted by Crippen LogP contribution is -2.61. The maximum absolute atomic E-state index is 12.1. The van der Waals surface area contributed by atoms with Crippen LogP contribution < -0.4 is 0 Å². The van der Waals surface area contributed by atoms with E-state index in [0.29, 0.717) is 19.5 Å². The maximum atomic E-state index is 12.1. The predicted molar refractivity (Wildman–Crippen MR) is 81.7 cm³/mol. The molecule has 0 radical (unpaired) electrons. The Morgan fingerprint density at radius 2 is 1.57 bits per heavy atom. The van der Waals surface area contributed by atoms with E-state index in [2.05, 4.69) is 0 Å². The van der Waals surface area contributed by atoms with E-state index >= 15 is 0 Å². The molecule has 3 rings (SSSR count). The number of carbonyl (C=O) groups is 1. The molecule has 1 amide bonds. The van der Waals surface area contributed by atoms with Crippen LogP contribution in [0.4, 0.5) is 0 Å². The molecule has 0 bridgehead atoms. The van der Waals surface area contributed by atoms with Crippen LogP contribution in [-0.2, 0) is 16.8 Å². The minimum atomic E-state index is -0.871. The number of hydrogen-bond donors (Lipinski definition) is 1. The van der Waals surface area contributed by atoms with Gasteiger partial charge in [-0.3, -0.25) is 4.79 Å². The highest BCUT2D eigenvalue weighted by atomic mass is 16.3. The molecular weight excluding hydrogens is 262 g/mol. The Morgan fingerprint density at radius 3 is 2.19 bits per heavy atom. The van der Waals surface area contributed by atoms with Crippen molar-refractivity contribution in [1.29, 1.82) is 0 Å². The van der Waals surface area contributed by atoms with E-state index in [0.717, 1.165) is 12.0 Å². The van der Waals surface area contributed by atoms with E-state index in [9.17, 15) is 9.90 Å². The van der Waals surface area contributed by atoms with Gasteiger partial charge in [0.15, 0.2) is 0 Å². The minimum absolute atomic E-state index is 0.111. The van der Waals surface area contributed by atoms with Crippen molar-refractivity contribution in [2.45, 2.75) is 18.4 Å². The summed E-state index contributed by atoms with van der Waals surface area (Å²) in [6.45, 7) is 0.787. The smallest absolute Gasteiger partial charge is 0.223 e. The molecule has 0 aromatic heterocycles. The number of β-amino-alcohol motifs (C(OH)–C–C–N with tert-alkyl or cyclic N) is 1. The number of hydrogen-bond acceptors (Lipinski definition) is 2. The van der Waals surface area contributed by atoms with E-state index < -0.39 is 5.60 Å². The van der Waals surface area contributed by atoms with Gasteiger partial charge in [0.05, 0.1) is 13.1 Å². The zero-order valence-electron chi connectivity index (χ0n) is 11.9. The molecule has 2 aromatic rings. The molecule has 1 heterocycles. The Kier molecular flexibility index (Phi) is 3.76. The van der Waals surface area contributed by atoms with Gasteiger partial charge in [-0.25, -0.2) is 0 Å². The Balaban J connectivity index is 1.53. The number of rotatable bonds is 4. The van der Waals surface area contributed by atoms with Crippen LogP contribution in [0.25, 0.3) is 0 Å². The van der Waals surface area contributed by atoms with E-state index in [1.165, 1.54) is 5.56 Å². The van der Waals surface area contributed by atoms with Crippen molar-refractivity contribution in [2.24, 2.45) is 0 Å². The van der Waals surface area contributed by atoms with Gasteiger partial charge < -0.3 is 10.0 Å². The lowest BCUT2D eigenvalue weighted by atomic mass is 9.86. The molecule has 0 atom stereocenters. The molecule has 1 aliphatic rings. The van der Waals surface area contributed by atoms with Crippen LogP contribution in [-0.4, -0.2) is 29.0 Å². The molecule has 3 heteroatoms. The molecule has 0 aliphatic carbocycles. The first-order valence-electron chi connectivity index (χ1n) is 7.27. The van der Waals surface area contributed by atoms with Gasteiger partial charge in [-0.1, -0.05) is 60.7 Å². The van der Waals surface area contributed by atoms with Crippen molar-refractivity contribution in [3.8, 4) is 0 Å². The van der Waals surface area contributed by atoms with Gasteiger partial charge in [0.25, 0.3) is 0 Å². The van der Waals surface area contributed by atoms with E-state index in [-0.39, 0.29) is 5.91 Å². The summed E-state index contributed by atoms with van der Waals surface area (Å²) in [4.78, 5) is 13.9. The maximum Gasteiger partial charge on any atom is 0.223 e. The molecule has 1 fully saturated rings. The van der Waals surface area contributed by atoms with Crippen molar-refractivity contribution in [3.05, 3.63) is 71.8 Å². The summed E-state index contributed by atoms with van der Waals surface area (Å²) in [7, 11) is 0. The Hall–Kier alpha value is -2.13. The minimum Gasteiger partial charge on any atom is -0.381 e. The van der Waals surface area contributed by atoms with Crippen LogP contribution in [0.3, 0.4) is 0 Å². The van der Waals surface area contributed by atoms with Crippen molar-refractivity contribution in [3.63, 3.8) is 0 Å². The third kappa shape index (κ3) is 2.98. The third-order valence-corrected chi connectivity index (χ3v) is 4.04. The van der Waals surface area contributed by atoms with Crippen LogP contribution in [0.15, 0.2) is 60.7 Å². The monoisotopic (exact) mass is 281 g/mol. The molecule has 21 heavy (non-hydrogen) atoms. The zero-order valence-corrected chi connectivity index (χ0v) is 11.9. The molecule has 108 valence electrons. The van der Waals surface area contributed by atoms with Gasteiger partial charge in [0.2, 0.25) is 5.91 Å². The van der Waals surface area contributed by atoms with Crippen LogP contribution >= 0.6 is 0 Å². The van der Waals surface area contributed by atoms with Crippen LogP contribution in [0.2, 0.25) is 0 Å². The summed E-state index contributed by atoms with van der Waals surface area (Å²) in [6, 6.07) is 19.6. The fourth-order valence-electron chi connectivity index (χ4n) is 2.75. The van der Waals surface area contributed by atoms with E-state index in [4.69, 9.17) is 0 Å². The van der Waals surface area contributed by atoms with E-state index in [1.807, 2.05) is 60.7 Å². The highest BCUT2D eigenvalue weighted by Crippen LogP contribution is 2.32. The van der Waals surface area contributed by atoms with E-state index in [1.54, 1.807) is 4.90 Å². The first kappa shape index (κ1) is 13.8. The average molecular weight is 281 g/mol. The fraction of sp³-hybridized carbons (Fsp3) is 0.278. The molecule has 1 N–H and O–H groups in total. The second kappa shape index (κ2) is 5.70. The quantitative estimate of drug-likeness (QED) is 0.934. The lowest BCUT2D eigenvalue weighted by molar-refractivity contribution is -0.157. The Labute approximate surface area is 124 Å². The molecule has 3 nitrogen and oxygen atoms in total. The van der Waals surface area contributed by atoms with Gasteiger partial charge in [-0.2, -0.15) is 0 Å². The lowest BCUT2D eigenvalue weighted by Gasteiger charge is -2.46. The number of amides is 1. The molecule has 1 saturated heterocycles. The van der Waals surface area contributed by atoms with Crippen LogP contribution in [0.5, 0.6) is 0 Å². The summed E-state index contributed by atoms with van der Waals surface area (Å²) in [5.41, 5.74) is 1.19. The summed E-state index contributed by atoms with van der Waals surface area (Å²) in [5.74, 6) is 0.111. The van der Waals surface area contributed by atoms with Gasteiger partial charge in [-0.05, 0) is 17.5 Å². The SMILES string of the molecule is O=C(CCc1ccccc1)N1CC(O)(c2ccccc2)C1. The Morgan fingerprint density at radius 1 is 1.00 bits per heavy atom. The topological polar surface area (TPSA) is 40.5 Å². The number of carbonyl (C=O) groups excluding carboxylic acids is 1. The summed E-state index contributed by atoms with van der Waals surface area (Å²) in [6.07, 6.45) is 1.24. The van der Waals surface area contributed by atoms with Crippen molar-refractivity contribution < 1.29 is 9.90 Å². The van der Waals surface area contributed by atoms with Crippen molar-refractivity contribution >= 4 is 5.91 Å². The molecule has 0 unspecified atom stereocenters. The number of aliphatic hydroxyl groups is 1. The first-order valence-corrected chi connectivity index (χ1v) is 7.27. The Bertz CT molecular complexity index is 604. The third-order valence-electron chi connectivity index (χ3n) is 4.04. The van der Waals surface area contributed by atoms with Crippen molar-refractivity contribution in [1.82, 2.24) is 4.90 Å². The second-order valence-electron chi connectivity index (χ2n) is 5.63. The first-order chi connectivity index (χ1) is 10.2. The van der Waals surface area contributed by atoms with Gasteiger partial charge in [0.1, 0.15) is 5.60 Å². The standard InChI is InChI=1S/C18H19NO2/c20-17(12-11-15-7-3-1-4-8-15)19-13-18(21,14-19)16-9-5-2-6-10-16/h1-10,21H,11-14H2. The fourth-order valence-corrected chi connectivity index (χ4v) is 2.75. The van der Waals surface area contributed by atoms with Crippen LogP contribution in [0, 0.1) is 0 Å². The number of nitrogens with zero attached hydrogens (tertiary/aromatic N) is 1. The zero-order chi connectivity index (χ0) is 14.7. The van der Waals surface area contributed by atoms with Crippen LogP contribution in [0.1, 0.15) is 17.5 Å². The van der Waals surface area contributed by atoms with Crippen molar-refractivity contribution in [2.75, 3.05) is 13.1 Å². The molecular formula is C18H19NO2. The van der Waals surface area contributed by atoms with Gasteiger partial charge in [0, 0.05) is 6.42 Å². The molecule has 2 aromatic carbocycles. The highest BCUT2D eigenvalue weighted by Gasteiger charge is 2.44. The molecule has 1 aliphatic heterocycles. The highest BCUT2D eigenvalue weighted by molar-refractivity contribution is 5.77. The summed E-state index contributed by atoms with van der Waals surface area (Å²) < 4.78 is 0. The van der Waals surface area contributed by atoms with Gasteiger partial charge >= 0.3 is 0 Å². The summed E-state index contributed by atoms with van der Waals surface area (Å²) >= 11 is 0. The summed E-state index contributed by atoms with van der Waals surface area (Å²) in [5, 5.41) is 10.5.